The molecule has 1 aromatic carbocycles. The van der Waals surface area contributed by atoms with Crippen LogP contribution < -0.4 is 14.8 Å². The maximum Gasteiger partial charge on any atom is 0.387 e. The van der Waals surface area contributed by atoms with E-state index in [1.54, 1.807) is 0 Å². The van der Waals surface area contributed by atoms with Crippen molar-refractivity contribution in [3.05, 3.63) is 23.8 Å². The summed E-state index contributed by atoms with van der Waals surface area (Å²) in [6, 6.07) is 5.34. The first-order chi connectivity index (χ1) is 11.0. The van der Waals surface area contributed by atoms with E-state index in [-0.39, 0.29) is 30.0 Å². The number of nitriles is 1. The summed E-state index contributed by atoms with van der Waals surface area (Å²) in [5, 5.41) is 10.7. The van der Waals surface area contributed by atoms with Crippen LogP contribution in [0.4, 0.5) is 8.78 Å². The number of hydrogen-bond donors (Lipinski definition) is 1. The van der Waals surface area contributed by atoms with E-state index in [1.165, 1.54) is 13.2 Å². The molecule has 0 bridgehead atoms. The molecule has 1 rings (SSSR count). The number of rotatable bonds is 8. The zero-order valence-corrected chi connectivity index (χ0v) is 12.2. The van der Waals surface area contributed by atoms with E-state index in [9.17, 15) is 18.4 Å². The van der Waals surface area contributed by atoms with Crippen LogP contribution in [-0.4, -0.2) is 38.7 Å². The highest BCUT2D eigenvalue weighted by atomic mass is 19.3. The fourth-order valence-electron chi connectivity index (χ4n) is 1.51. The van der Waals surface area contributed by atoms with Crippen molar-refractivity contribution < 1.29 is 32.6 Å². The van der Waals surface area contributed by atoms with Gasteiger partial charge in [-0.05, 0) is 18.2 Å². The van der Waals surface area contributed by atoms with Gasteiger partial charge < -0.3 is 19.5 Å². The Labute approximate surface area is 130 Å². The van der Waals surface area contributed by atoms with Gasteiger partial charge in [0.15, 0.2) is 18.1 Å². The first kappa shape index (κ1) is 18.2. The minimum absolute atomic E-state index is 0.00768. The van der Waals surface area contributed by atoms with Crippen LogP contribution in [0, 0.1) is 11.3 Å². The number of nitrogens with zero attached hydrogens (tertiary/aromatic N) is 1. The molecule has 23 heavy (non-hydrogen) atoms. The third-order valence-corrected chi connectivity index (χ3v) is 2.51. The first-order valence-electron chi connectivity index (χ1n) is 6.41. The van der Waals surface area contributed by atoms with Gasteiger partial charge in [-0.2, -0.15) is 14.0 Å². The number of carbonyl (C=O) groups is 2. The molecule has 0 saturated heterocycles. The van der Waals surface area contributed by atoms with E-state index >= 15 is 0 Å². The third-order valence-electron chi connectivity index (χ3n) is 2.51. The Kier molecular flexibility index (Phi) is 7.26. The fourth-order valence-corrected chi connectivity index (χ4v) is 1.51. The summed E-state index contributed by atoms with van der Waals surface area (Å²) in [5.74, 6) is -1.69. The minimum atomic E-state index is -3.03. The van der Waals surface area contributed by atoms with E-state index in [4.69, 9.17) is 14.7 Å². The monoisotopic (exact) mass is 328 g/mol. The number of carbonyl (C=O) groups excluding carboxylic acids is 2. The zero-order valence-electron chi connectivity index (χ0n) is 12.2. The maximum atomic E-state index is 12.2. The number of hydrogen-bond acceptors (Lipinski definition) is 6. The van der Waals surface area contributed by atoms with Crippen LogP contribution in [0.15, 0.2) is 18.2 Å². The average molecular weight is 328 g/mol. The Morgan fingerprint density at radius 1 is 1.35 bits per heavy atom. The van der Waals surface area contributed by atoms with E-state index in [1.807, 2.05) is 6.07 Å². The molecule has 1 amide bonds. The van der Waals surface area contributed by atoms with Crippen LogP contribution in [0.25, 0.3) is 0 Å². The zero-order chi connectivity index (χ0) is 17.2. The van der Waals surface area contributed by atoms with Gasteiger partial charge in [0.1, 0.15) is 0 Å². The summed E-state index contributed by atoms with van der Waals surface area (Å²) < 4.78 is 38.2. The van der Waals surface area contributed by atoms with Crippen molar-refractivity contribution in [3.8, 4) is 17.6 Å². The van der Waals surface area contributed by atoms with Gasteiger partial charge in [0.2, 0.25) is 0 Å². The lowest BCUT2D eigenvalue weighted by molar-refractivity contribution is -0.124. The van der Waals surface area contributed by atoms with Gasteiger partial charge in [-0.1, -0.05) is 0 Å². The summed E-state index contributed by atoms with van der Waals surface area (Å²) >= 11 is 0. The molecule has 1 N–H and O–H groups in total. The van der Waals surface area contributed by atoms with E-state index in [0.29, 0.717) is 0 Å². The number of alkyl halides is 2. The van der Waals surface area contributed by atoms with E-state index < -0.39 is 25.1 Å². The lowest BCUT2D eigenvalue weighted by Crippen LogP contribution is -2.29. The molecular formula is C14H14F2N2O5. The van der Waals surface area contributed by atoms with Crippen LogP contribution in [0.3, 0.4) is 0 Å². The Morgan fingerprint density at radius 2 is 2.09 bits per heavy atom. The van der Waals surface area contributed by atoms with Crippen molar-refractivity contribution in [2.24, 2.45) is 0 Å². The molecule has 124 valence electrons. The molecule has 0 atom stereocenters. The Balaban J connectivity index is 2.63. The smallest absolute Gasteiger partial charge is 0.387 e. The second-order valence-corrected chi connectivity index (χ2v) is 4.08. The van der Waals surface area contributed by atoms with Crippen LogP contribution in [0.2, 0.25) is 0 Å². The number of methoxy groups -OCH3 is 1. The normalized spacial score (nSPS) is 9.87. The molecule has 0 fully saturated rings. The van der Waals surface area contributed by atoms with Crippen LogP contribution in [0.5, 0.6) is 11.5 Å². The Hall–Kier alpha value is -2.89. The molecular weight excluding hydrogens is 314 g/mol. The van der Waals surface area contributed by atoms with Crippen molar-refractivity contribution in [2.45, 2.75) is 13.0 Å². The molecule has 7 nitrogen and oxygen atoms in total. The third kappa shape index (κ3) is 6.17. The molecule has 1 aromatic rings. The van der Waals surface area contributed by atoms with Crippen LogP contribution in [-0.2, 0) is 9.53 Å². The topological polar surface area (TPSA) is 97.6 Å². The van der Waals surface area contributed by atoms with Gasteiger partial charge in [0.25, 0.3) is 5.91 Å². The van der Waals surface area contributed by atoms with Crippen LogP contribution >= 0.6 is 0 Å². The average Bonchev–Trinajstić information content (AvgIpc) is 2.52. The number of ether oxygens (including phenoxy) is 3. The number of esters is 1. The van der Waals surface area contributed by atoms with Gasteiger partial charge >= 0.3 is 12.6 Å². The second-order valence-electron chi connectivity index (χ2n) is 4.08. The molecule has 0 unspecified atom stereocenters. The van der Waals surface area contributed by atoms with Crippen molar-refractivity contribution >= 4 is 11.9 Å². The molecule has 0 heterocycles. The van der Waals surface area contributed by atoms with Crippen LogP contribution in [0.1, 0.15) is 16.8 Å². The van der Waals surface area contributed by atoms with Gasteiger partial charge in [-0.25, -0.2) is 4.79 Å². The SMILES string of the molecule is COc1cc(C(=O)OCC(=O)NCCC#N)ccc1OC(F)F. The van der Waals surface area contributed by atoms with Crippen molar-refractivity contribution in [1.29, 1.82) is 5.26 Å². The standard InChI is InChI=1S/C14H14F2N2O5/c1-21-11-7-9(3-4-10(11)23-14(15)16)13(20)22-8-12(19)18-6-2-5-17/h3-4,7,14H,2,6,8H2,1H3,(H,18,19). The fraction of sp³-hybridized carbons (Fsp3) is 0.357. The highest BCUT2D eigenvalue weighted by Gasteiger charge is 2.15. The number of nitrogens with one attached hydrogen (secondary N) is 1. The van der Waals surface area contributed by atoms with E-state index in [2.05, 4.69) is 10.1 Å². The lowest BCUT2D eigenvalue weighted by Gasteiger charge is -2.11. The largest absolute Gasteiger partial charge is 0.493 e. The Bertz CT molecular complexity index is 601. The Morgan fingerprint density at radius 3 is 2.70 bits per heavy atom. The molecule has 0 saturated carbocycles. The predicted molar refractivity (Wildman–Crippen MR) is 73.1 cm³/mol. The van der Waals surface area contributed by atoms with Gasteiger partial charge in [0, 0.05) is 6.54 Å². The molecule has 0 radical (unpaired) electrons. The number of amides is 1. The van der Waals surface area contributed by atoms with Gasteiger partial charge in [-0.3, -0.25) is 4.79 Å². The summed E-state index contributed by atoms with van der Waals surface area (Å²) in [5.41, 5.74) is 0.00768. The minimum Gasteiger partial charge on any atom is -0.493 e. The molecule has 0 aliphatic carbocycles. The van der Waals surface area contributed by atoms with Gasteiger partial charge in [-0.15, -0.1) is 0 Å². The highest BCUT2D eigenvalue weighted by molar-refractivity contribution is 5.92. The second kappa shape index (κ2) is 9.19. The van der Waals surface area contributed by atoms with Crippen molar-refractivity contribution in [1.82, 2.24) is 5.32 Å². The highest BCUT2D eigenvalue weighted by Crippen LogP contribution is 2.29. The quantitative estimate of drug-likeness (QED) is 0.573. The summed E-state index contributed by atoms with van der Waals surface area (Å²) in [6.07, 6.45) is 0.141. The summed E-state index contributed by atoms with van der Waals surface area (Å²) in [4.78, 5) is 23.1. The molecule has 0 spiro atoms. The molecule has 0 aliphatic rings. The van der Waals surface area contributed by atoms with Gasteiger partial charge in [0.05, 0.1) is 25.2 Å². The van der Waals surface area contributed by atoms with Crippen molar-refractivity contribution in [2.75, 3.05) is 20.3 Å². The molecule has 0 aromatic heterocycles. The number of halogens is 2. The maximum absolute atomic E-state index is 12.2. The lowest BCUT2D eigenvalue weighted by atomic mass is 10.2. The predicted octanol–water partition coefficient (Wildman–Crippen LogP) is 1.48. The summed E-state index contributed by atoms with van der Waals surface area (Å²) in [7, 11) is 1.23. The molecule has 0 aliphatic heterocycles. The number of benzene rings is 1. The first-order valence-corrected chi connectivity index (χ1v) is 6.41. The van der Waals surface area contributed by atoms with Crippen molar-refractivity contribution in [3.63, 3.8) is 0 Å². The summed E-state index contributed by atoms with van der Waals surface area (Å²) in [6.45, 7) is -3.40. The van der Waals surface area contributed by atoms with E-state index in [0.717, 1.165) is 12.1 Å². The molecule has 9 heteroatoms.